The van der Waals surface area contributed by atoms with Crippen molar-refractivity contribution in [3.63, 3.8) is 0 Å². The highest BCUT2D eigenvalue weighted by atomic mass is 32.1. The van der Waals surface area contributed by atoms with E-state index in [0.29, 0.717) is 4.88 Å². The van der Waals surface area contributed by atoms with Crippen molar-refractivity contribution in [2.75, 3.05) is 13.7 Å². The van der Waals surface area contributed by atoms with Crippen molar-refractivity contribution in [3.05, 3.63) is 22.4 Å². The Morgan fingerprint density at radius 3 is 2.58 bits per heavy atom. The quantitative estimate of drug-likeness (QED) is 0.760. The number of rotatable bonds is 5. The summed E-state index contributed by atoms with van der Waals surface area (Å²) in [5, 5.41) is 22.6. The minimum atomic E-state index is -1.12. The first-order valence-corrected chi connectivity index (χ1v) is 6.59. The molecule has 1 unspecified atom stereocenters. The van der Waals surface area contributed by atoms with Gasteiger partial charge in [0.25, 0.3) is 0 Å². The van der Waals surface area contributed by atoms with E-state index in [0.717, 1.165) is 0 Å². The van der Waals surface area contributed by atoms with Gasteiger partial charge in [-0.05, 0) is 25.3 Å². The molecule has 0 aromatic carbocycles. The van der Waals surface area contributed by atoms with Gasteiger partial charge in [-0.15, -0.1) is 11.3 Å². The second kappa shape index (κ2) is 6.03. The number of nitrogens with one attached hydrogen (secondary N) is 1. The molecule has 0 fully saturated rings. The number of carboxylic acids is 1. The smallest absolute Gasteiger partial charge is 0.331 e. The van der Waals surface area contributed by atoms with Crippen molar-refractivity contribution in [1.82, 2.24) is 10.2 Å². The van der Waals surface area contributed by atoms with Gasteiger partial charge < -0.3 is 20.4 Å². The average Bonchev–Trinajstić information content (AvgIpc) is 2.87. The van der Waals surface area contributed by atoms with Crippen LogP contribution in [0.25, 0.3) is 0 Å². The number of urea groups is 1. The normalized spacial score (nSPS) is 12.8. The van der Waals surface area contributed by atoms with Crippen LogP contribution < -0.4 is 5.32 Å². The molecule has 6 nitrogen and oxygen atoms in total. The highest BCUT2D eigenvalue weighted by Gasteiger charge is 2.30. The number of carbonyl (C=O) groups is 2. The second-order valence-electron chi connectivity index (χ2n) is 4.77. The second-order valence-corrected chi connectivity index (χ2v) is 5.74. The third-order valence-electron chi connectivity index (χ3n) is 2.94. The molecule has 19 heavy (non-hydrogen) atoms. The van der Waals surface area contributed by atoms with Gasteiger partial charge in [-0.25, -0.2) is 9.59 Å². The molecule has 106 valence electrons. The van der Waals surface area contributed by atoms with Gasteiger partial charge >= 0.3 is 12.0 Å². The lowest BCUT2D eigenvalue weighted by atomic mass is 10.1. The fourth-order valence-corrected chi connectivity index (χ4v) is 2.08. The predicted molar refractivity (Wildman–Crippen MR) is 72.2 cm³/mol. The van der Waals surface area contributed by atoms with Crippen molar-refractivity contribution in [3.8, 4) is 0 Å². The molecule has 0 aliphatic rings. The lowest BCUT2D eigenvalue weighted by Crippen LogP contribution is -2.52. The fourth-order valence-electron chi connectivity index (χ4n) is 1.31. The average molecular weight is 286 g/mol. The first-order valence-electron chi connectivity index (χ1n) is 5.71. The van der Waals surface area contributed by atoms with Gasteiger partial charge in [0.15, 0.2) is 6.04 Å². The molecule has 0 saturated carbocycles. The van der Waals surface area contributed by atoms with E-state index in [-0.39, 0.29) is 6.61 Å². The summed E-state index contributed by atoms with van der Waals surface area (Å²) < 4.78 is 0. The molecule has 2 amide bonds. The molecular formula is C12H18N2O4S. The molecule has 0 spiro atoms. The van der Waals surface area contributed by atoms with E-state index < -0.39 is 23.6 Å². The minimum Gasteiger partial charge on any atom is -0.479 e. The summed E-state index contributed by atoms with van der Waals surface area (Å²) in [7, 11) is 1.51. The van der Waals surface area contributed by atoms with Crippen molar-refractivity contribution in [2.24, 2.45) is 0 Å². The van der Waals surface area contributed by atoms with E-state index in [1.807, 2.05) is 0 Å². The molecule has 0 aliphatic carbocycles. The molecule has 1 aromatic rings. The summed E-state index contributed by atoms with van der Waals surface area (Å²) in [6, 6.07) is 1.76. The molecule has 0 saturated heterocycles. The van der Waals surface area contributed by atoms with E-state index in [2.05, 4.69) is 5.32 Å². The molecule has 1 rings (SSSR count). The Hall–Kier alpha value is -1.60. The number of aliphatic carboxylic acids is 1. The number of likely N-dealkylation sites (N-methyl/N-ethyl adjacent to an activating group) is 1. The number of thiophene rings is 1. The maximum Gasteiger partial charge on any atom is 0.331 e. The molecule has 7 heteroatoms. The third-order valence-corrected chi connectivity index (χ3v) is 3.88. The molecule has 1 heterocycles. The monoisotopic (exact) mass is 286 g/mol. The zero-order valence-corrected chi connectivity index (χ0v) is 11.9. The van der Waals surface area contributed by atoms with Crippen molar-refractivity contribution < 1.29 is 19.8 Å². The topological polar surface area (TPSA) is 89.9 Å². The Kier molecular flexibility index (Phi) is 4.90. The van der Waals surface area contributed by atoms with Crippen LogP contribution in [0.15, 0.2) is 17.5 Å². The van der Waals surface area contributed by atoms with Crippen molar-refractivity contribution in [1.29, 1.82) is 0 Å². The summed E-state index contributed by atoms with van der Waals surface area (Å²) >= 11 is 1.26. The zero-order valence-electron chi connectivity index (χ0n) is 11.1. The summed E-state index contributed by atoms with van der Waals surface area (Å²) in [6.07, 6.45) is 0. The number of carboxylic acid groups (broad SMARTS) is 1. The summed E-state index contributed by atoms with van der Waals surface area (Å²) in [4.78, 5) is 25.0. The number of amides is 2. The zero-order chi connectivity index (χ0) is 14.6. The molecule has 0 aliphatic heterocycles. The minimum absolute atomic E-state index is 0.215. The van der Waals surface area contributed by atoms with Gasteiger partial charge in [0.1, 0.15) is 0 Å². The van der Waals surface area contributed by atoms with Gasteiger partial charge in [-0.2, -0.15) is 0 Å². The van der Waals surface area contributed by atoms with Gasteiger partial charge in [-0.1, -0.05) is 6.07 Å². The van der Waals surface area contributed by atoms with Gasteiger partial charge in [0.05, 0.1) is 12.1 Å². The van der Waals surface area contributed by atoms with Crippen LogP contribution in [-0.2, 0) is 4.79 Å². The van der Waals surface area contributed by atoms with Crippen molar-refractivity contribution >= 4 is 23.3 Å². The Bertz CT molecular complexity index is 445. The molecular weight excluding hydrogens is 268 g/mol. The van der Waals surface area contributed by atoms with Crippen LogP contribution in [0.5, 0.6) is 0 Å². The number of nitrogens with zero attached hydrogens (tertiary/aromatic N) is 1. The Morgan fingerprint density at radius 1 is 1.53 bits per heavy atom. The molecule has 0 bridgehead atoms. The maximum atomic E-state index is 12.0. The lowest BCUT2D eigenvalue weighted by Gasteiger charge is -2.34. The van der Waals surface area contributed by atoms with Gasteiger partial charge in [0.2, 0.25) is 0 Å². The Morgan fingerprint density at radius 2 is 2.16 bits per heavy atom. The van der Waals surface area contributed by atoms with Crippen LogP contribution in [0.2, 0.25) is 0 Å². The maximum absolute atomic E-state index is 12.0. The van der Waals surface area contributed by atoms with Gasteiger partial charge in [0, 0.05) is 11.9 Å². The summed E-state index contributed by atoms with van der Waals surface area (Å²) in [5.41, 5.74) is -0.761. The van der Waals surface area contributed by atoms with E-state index in [9.17, 15) is 14.7 Å². The van der Waals surface area contributed by atoms with Crippen LogP contribution in [0.1, 0.15) is 24.8 Å². The summed E-state index contributed by atoms with van der Waals surface area (Å²) in [5.74, 6) is -1.12. The highest BCUT2D eigenvalue weighted by molar-refractivity contribution is 7.10. The van der Waals surface area contributed by atoms with Crippen LogP contribution in [0.4, 0.5) is 4.79 Å². The molecule has 1 aromatic heterocycles. The lowest BCUT2D eigenvalue weighted by molar-refractivity contribution is -0.139. The van der Waals surface area contributed by atoms with E-state index in [1.54, 1.807) is 31.4 Å². The molecule has 1 atom stereocenters. The standard InChI is InChI=1S/C12H18N2O4S/c1-12(2,7-15)14(3)11(18)13-9(10(16)17)8-5-4-6-19-8/h4-6,9,15H,7H2,1-3H3,(H,13,18)(H,16,17). The van der Waals surface area contributed by atoms with E-state index in [4.69, 9.17) is 5.11 Å². The van der Waals surface area contributed by atoms with E-state index in [1.165, 1.54) is 23.3 Å². The van der Waals surface area contributed by atoms with Crippen LogP contribution >= 0.6 is 11.3 Å². The number of aliphatic hydroxyl groups excluding tert-OH is 1. The first kappa shape index (κ1) is 15.5. The molecule has 0 radical (unpaired) electrons. The SMILES string of the molecule is CN(C(=O)NC(C(=O)O)c1cccs1)C(C)(C)CO. The number of aliphatic hydroxyl groups is 1. The first-order chi connectivity index (χ1) is 8.79. The van der Waals surface area contributed by atoms with E-state index >= 15 is 0 Å². The van der Waals surface area contributed by atoms with Crippen LogP contribution in [0.3, 0.4) is 0 Å². The van der Waals surface area contributed by atoms with Gasteiger partial charge in [-0.3, -0.25) is 0 Å². The van der Waals surface area contributed by atoms with Crippen LogP contribution in [-0.4, -0.2) is 46.3 Å². The fraction of sp³-hybridized carbons (Fsp3) is 0.500. The Balaban J connectivity index is 2.81. The van der Waals surface area contributed by atoms with Crippen molar-refractivity contribution in [2.45, 2.75) is 25.4 Å². The van der Waals surface area contributed by atoms with Crippen LogP contribution in [0, 0.1) is 0 Å². The largest absolute Gasteiger partial charge is 0.479 e. The Labute approximate surface area is 115 Å². The summed E-state index contributed by atoms with van der Waals surface area (Å²) in [6.45, 7) is 3.16. The highest BCUT2D eigenvalue weighted by Crippen LogP contribution is 2.20. The third kappa shape index (κ3) is 3.68. The number of hydrogen-bond acceptors (Lipinski definition) is 4. The number of carbonyl (C=O) groups excluding carboxylic acids is 1. The molecule has 3 N–H and O–H groups in total. The predicted octanol–water partition coefficient (Wildman–Crippen LogP) is 1.29. The number of hydrogen-bond donors (Lipinski definition) is 3.